The van der Waals surface area contributed by atoms with Crippen LogP contribution in [0.4, 0.5) is 0 Å². The third-order valence-corrected chi connectivity index (χ3v) is 9.83. The summed E-state index contributed by atoms with van der Waals surface area (Å²) in [5.74, 6) is 0. The average molecular weight is 831 g/mol. The Labute approximate surface area is 352 Å². The monoisotopic (exact) mass is 828 g/mol. The predicted molar refractivity (Wildman–Crippen MR) is 227 cm³/mol. The van der Waals surface area contributed by atoms with Gasteiger partial charge in [-0.2, -0.15) is 0 Å². The number of rotatable bonds is 2. The van der Waals surface area contributed by atoms with Crippen molar-refractivity contribution >= 4 is 74.2 Å². The quantitative estimate of drug-likeness (QED) is 0.0933. The van der Waals surface area contributed by atoms with Crippen LogP contribution in [0, 0.1) is 13.8 Å². The molecular weight excluding hydrogens is 791 g/mol. The van der Waals surface area contributed by atoms with Gasteiger partial charge in [-0.25, -0.2) is 0 Å². The Morgan fingerprint density at radius 1 is 0.389 bits per heavy atom. The molecule has 0 amide bonds. The topological polar surface area (TPSA) is 0 Å². The Morgan fingerprint density at radius 2 is 0.722 bits per heavy atom. The van der Waals surface area contributed by atoms with Crippen LogP contribution < -0.4 is 24.8 Å². The summed E-state index contributed by atoms with van der Waals surface area (Å²) in [6, 6.07) is 61.9. The standard InChI is InChI=1S/2C24H17.C2H6Si.2ClH.Zr/c2*1-16-12-20-11-10-17-6-4-5-9-22(17)24(20)23(13-16)21-14-18-7-2-3-8-19(18)15-21;1-3-2;;;/h2*2-15H,1H3;1-2H3;2*1H;/q2*-1;;;;+4/p-2. The van der Waals surface area contributed by atoms with E-state index in [4.69, 9.17) is 0 Å². The van der Waals surface area contributed by atoms with Gasteiger partial charge in [-0.05, 0) is 56.9 Å². The van der Waals surface area contributed by atoms with Gasteiger partial charge >= 0.3 is 26.2 Å². The minimum absolute atomic E-state index is 0. The summed E-state index contributed by atoms with van der Waals surface area (Å²) >= 11 is 0. The fourth-order valence-electron chi connectivity index (χ4n) is 7.66. The number of hydrogen-bond donors (Lipinski definition) is 0. The SMILES string of the molecule is C[Si]C.Cc1cc(-c2cc3ccccc3[cH-]2)c2c(ccc3ccccc32)c1.Cc1cc(-c2cc3ccccc3[cH-]2)c2c(ccc3ccccc32)c1.[Cl-].[Cl-].[Zr+4]. The maximum absolute atomic E-state index is 2.32. The Kier molecular flexibility index (Phi) is 13.5. The number of benzene rings is 8. The number of hydrogen-bond acceptors (Lipinski definition) is 0. The third kappa shape index (κ3) is 8.05. The van der Waals surface area contributed by atoms with Crippen molar-refractivity contribution in [3.8, 4) is 22.3 Å². The second kappa shape index (κ2) is 17.9. The molecule has 10 aromatic carbocycles. The minimum Gasteiger partial charge on any atom is -1.00 e. The van der Waals surface area contributed by atoms with Crippen LogP contribution in [0.5, 0.6) is 0 Å². The Balaban J connectivity index is 0.000000184. The largest absolute Gasteiger partial charge is 4.00 e. The molecule has 0 aliphatic heterocycles. The first-order valence-electron chi connectivity index (χ1n) is 17.7. The van der Waals surface area contributed by atoms with Gasteiger partial charge in [0.05, 0.1) is 0 Å². The van der Waals surface area contributed by atoms with Crippen molar-refractivity contribution in [1.29, 1.82) is 0 Å². The molecule has 0 aromatic heterocycles. The van der Waals surface area contributed by atoms with E-state index in [1.807, 2.05) is 0 Å². The first-order chi connectivity index (χ1) is 25.0. The molecule has 0 fully saturated rings. The van der Waals surface area contributed by atoms with Gasteiger partial charge in [-0.3, -0.25) is 0 Å². The summed E-state index contributed by atoms with van der Waals surface area (Å²) in [5.41, 5.74) is 7.88. The van der Waals surface area contributed by atoms with Crippen LogP contribution in [-0.4, -0.2) is 9.52 Å². The fraction of sp³-hybridized carbons (Fsp3) is 0.0800. The number of aryl methyl sites for hydroxylation is 2. The summed E-state index contributed by atoms with van der Waals surface area (Å²) in [4.78, 5) is 0. The number of fused-ring (bicyclic) bond motifs is 8. The molecular formula is C50H40Cl2SiZr. The van der Waals surface area contributed by atoms with Crippen LogP contribution in [0.2, 0.25) is 13.1 Å². The second-order valence-corrected chi connectivity index (χ2v) is 14.6. The van der Waals surface area contributed by atoms with Gasteiger partial charge in [-0.15, -0.1) is 69.1 Å². The van der Waals surface area contributed by atoms with Crippen LogP contribution in [0.25, 0.3) is 86.9 Å². The molecule has 0 spiro atoms. The molecule has 0 saturated carbocycles. The molecule has 0 heterocycles. The van der Waals surface area contributed by atoms with E-state index in [1.54, 1.807) is 0 Å². The normalized spacial score (nSPS) is 10.6. The molecule has 0 unspecified atom stereocenters. The summed E-state index contributed by atoms with van der Waals surface area (Å²) in [5, 5.41) is 15.8. The molecule has 10 aromatic rings. The minimum atomic E-state index is 0. The van der Waals surface area contributed by atoms with Crippen molar-refractivity contribution in [2.24, 2.45) is 0 Å². The summed E-state index contributed by atoms with van der Waals surface area (Å²) < 4.78 is 0. The van der Waals surface area contributed by atoms with Crippen LogP contribution >= 0.6 is 0 Å². The van der Waals surface area contributed by atoms with Gasteiger partial charge < -0.3 is 24.8 Å². The molecule has 4 heteroatoms. The molecule has 0 N–H and O–H groups in total. The predicted octanol–water partition coefficient (Wildman–Crippen LogP) is 8.47. The molecule has 0 aliphatic carbocycles. The molecule has 0 saturated heterocycles. The van der Waals surface area contributed by atoms with Gasteiger partial charge in [0.2, 0.25) is 0 Å². The Morgan fingerprint density at radius 3 is 1.11 bits per heavy atom. The van der Waals surface area contributed by atoms with Gasteiger partial charge in [0.1, 0.15) is 0 Å². The van der Waals surface area contributed by atoms with E-state index in [0.29, 0.717) is 0 Å². The van der Waals surface area contributed by atoms with Crippen LogP contribution in [-0.2, 0) is 26.2 Å². The molecule has 0 aliphatic rings. The Bertz CT molecular complexity index is 2580. The molecule has 0 bridgehead atoms. The molecule has 54 heavy (non-hydrogen) atoms. The summed E-state index contributed by atoms with van der Waals surface area (Å²) in [7, 11) is 1.08. The van der Waals surface area contributed by atoms with Crippen LogP contribution in [0.1, 0.15) is 11.1 Å². The summed E-state index contributed by atoms with van der Waals surface area (Å²) in [6.45, 7) is 8.67. The smallest absolute Gasteiger partial charge is 1.00 e. The number of halogens is 2. The van der Waals surface area contributed by atoms with Gasteiger partial charge in [-0.1, -0.05) is 169 Å². The third-order valence-electron chi connectivity index (χ3n) is 9.83. The van der Waals surface area contributed by atoms with Crippen LogP contribution in [0.3, 0.4) is 0 Å². The first-order valence-corrected chi connectivity index (χ1v) is 19.7. The van der Waals surface area contributed by atoms with E-state index in [-0.39, 0.29) is 51.0 Å². The molecule has 262 valence electrons. The van der Waals surface area contributed by atoms with E-state index in [2.05, 4.69) is 197 Å². The van der Waals surface area contributed by atoms with E-state index >= 15 is 0 Å². The zero-order valence-electron chi connectivity index (χ0n) is 30.9. The maximum atomic E-state index is 2.32. The van der Waals surface area contributed by atoms with Crippen molar-refractivity contribution in [3.05, 3.63) is 181 Å². The van der Waals surface area contributed by atoms with Gasteiger partial charge in [0, 0.05) is 9.52 Å². The molecule has 0 nitrogen and oxygen atoms in total. The van der Waals surface area contributed by atoms with Crippen LogP contribution in [0.15, 0.2) is 170 Å². The van der Waals surface area contributed by atoms with E-state index in [0.717, 1.165) is 9.52 Å². The van der Waals surface area contributed by atoms with Crippen molar-refractivity contribution in [3.63, 3.8) is 0 Å². The first kappa shape index (κ1) is 40.9. The molecule has 10 rings (SSSR count). The summed E-state index contributed by atoms with van der Waals surface area (Å²) in [6.07, 6.45) is 0. The molecule has 0 atom stereocenters. The van der Waals surface area contributed by atoms with Crippen molar-refractivity contribution in [2.45, 2.75) is 26.9 Å². The van der Waals surface area contributed by atoms with Gasteiger partial charge in [0.25, 0.3) is 0 Å². The Hall–Kier alpha value is -4.30. The zero-order chi connectivity index (χ0) is 34.9. The van der Waals surface area contributed by atoms with Crippen molar-refractivity contribution < 1.29 is 51.0 Å². The zero-order valence-corrected chi connectivity index (χ0v) is 35.9. The van der Waals surface area contributed by atoms with E-state index < -0.39 is 0 Å². The molecule has 2 radical (unpaired) electrons. The average Bonchev–Trinajstić information content (AvgIpc) is 3.79. The van der Waals surface area contributed by atoms with Gasteiger partial charge in [0.15, 0.2) is 0 Å². The maximum Gasteiger partial charge on any atom is 4.00 e. The fourth-order valence-corrected chi connectivity index (χ4v) is 7.66. The second-order valence-electron chi connectivity index (χ2n) is 13.6. The van der Waals surface area contributed by atoms with Crippen molar-refractivity contribution in [1.82, 2.24) is 0 Å². The van der Waals surface area contributed by atoms with Crippen molar-refractivity contribution in [2.75, 3.05) is 0 Å². The van der Waals surface area contributed by atoms with E-state index in [1.165, 1.54) is 98.0 Å². The van der Waals surface area contributed by atoms with E-state index in [9.17, 15) is 0 Å².